The second-order valence-electron chi connectivity index (χ2n) is 7.07. The Morgan fingerprint density at radius 2 is 1.93 bits per heavy atom. The summed E-state index contributed by atoms with van der Waals surface area (Å²) >= 11 is 0. The summed E-state index contributed by atoms with van der Waals surface area (Å²) < 4.78 is 24.2. The maximum atomic E-state index is 13.1. The number of ether oxygens (including phenoxy) is 2. The fourth-order valence-corrected chi connectivity index (χ4v) is 3.04. The highest BCUT2D eigenvalue weighted by molar-refractivity contribution is 14.0. The van der Waals surface area contributed by atoms with Gasteiger partial charge in [0.1, 0.15) is 5.82 Å². The maximum absolute atomic E-state index is 13.1. The number of rotatable bonds is 11. The van der Waals surface area contributed by atoms with Gasteiger partial charge in [0.25, 0.3) is 0 Å². The minimum atomic E-state index is -0.333. The van der Waals surface area contributed by atoms with Gasteiger partial charge in [-0.15, -0.1) is 24.0 Å². The fourth-order valence-electron chi connectivity index (χ4n) is 3.04. The van der Waals surface area contributed by atoms with Crippen molar-refractivity contribution in [2.75, 3.05) is 53.1 Å². The Balaban J connectivity index is 0.00000450. The average molecular weight is 536 g/mol. The molecule has 1 aromatic carbocycles. The van der Waals surface area contributed by atoms with Gasteiger partial charge in [0, 0.05) is 53.1 Å². The Morgan fingerprint density at radius 3 is 2.67 bits per heavy atom. The van der Waals surface area contributed by atoms with Crippen molar-refractivity contribution in [1.29, 1.82) is 0 Å². The zero-order valence-electron chi connectivity index (χ0n) is 17.6. The summed E-state index contributed by atoms with van der Waals surface area (Å²) in [5.74, 6) is 0.846. The first-order valence-corrected chi connectivity index (χ1v) is 10.3. The molecule has 0 aliphatic carbocycles. The molecular weight excluding hydrogens is 502 g/mol. The van der Waals surface area contributed by atoms with E-state index in [9.17, 15) is 9.18 Å². The number of carbonyl (C=O) groups is 1. The molecule has 0 unspecified atom stereocenters. The van der Waals surface area contributed by atoms with E-state index in [-0.39, 0.29) is 42.1 Å². The summed E-state index contributed by atoms with van der Waals surface area (Å²) in [7, 11) is 1.71. The number of carbonyl (C=O) groups excluding carboxylic acids is 1. The Bertz CT molecular complexity index is 642. The predicted octanol–water partition coefficient (Wildman–Crippen LogP) is 2.10. The van der Waals surface area contributed by atoms with Crippen molar-refractivity contribution in [1.82, 2.24) is 16.0 Å². The molecule has 1 aliphatic heterocycles. The normalized spacial score (nSPS) is 14.7. The van der Waals surface area contributed by atoms with Crippen LogP contribution in [-0.2, 0) is 20.7 Å². The van der Waals surface area contributed by atoms with Crippen LogP contribution in [0.3, 0.4) is 0 Å². The number of hydrogen-bond acceptors (Lipinski definition) is 4. The molecule has 9 heteroatoms. The Kier molecular flexibility index (Phi) is 14.4. The minimum absolute atomic E-state index is 0. The van der Waals surface area contributed by atoms with Crippen LogP contribution in [-0.4, -0.2) is 65.0 Å². The van der Waals surface area contributed by atoms with E-state index < -0.39 is 0 Å². The van der Waals surface area contributed by atoms with Gasteiger partial charge in [-0.05, 0) is 42.9 Å². The number of nitrogens with zero attached hydrogens (tertiary/aromatic N) is 1. The lowest BCUT2D eigenvalue weighted by Crippen LogP contribution is -2.42. The molecule has 1 heterocycles. The van der Waals surface area contributed by atoms with Crippen molar-refractivity contribution in [3.8, 4) is 0 Å². The first kappa shape index (κ1) is 26.6. The van der Waals surface area contributed by atoms with Gasteiger partial charge in [-0.2, -0.15) is 0 Å². The number of guanidine groups is 1. The number of halogens is 2. The van der Waals surface area contributed by atoms with Crippen molar-refractivity contribution >= 4 is 35.8 Å². The molecule has 2 rings (SSSR count). The number of benzene rings is 1. The molecule has 1 amide bonds. The monoisotopic (exact) mass is 536 g/mol. The molecule has 0 aromatic heterocycles. The highest BCUT2D eigenvalue weighted by Gasteiger charge is 2.13. The van der Waals surface area contributed by atoms with Crippen molar-refractivity contribution in [3.05, 3.63) is 35.6 Å². The molecular formula is C21H34FIN4O3. The van der Waals surface area contributed by atoms with E-state index in [1.165, 1.54) is 12.1 Å². The Labute approximate surface area is 195 Å². The number of hydrogen-bond donors (Lipinski definition) is 3. The second-order valence-corrected chi connectivity index (χ2v) is 7.07. The first-order chi connectivity index (χ1) is 14.2. The van der Waals surface area contributed by atoms with Crippen LogP contribution in [0, 0.1) is 11.7 Å². The van der Waals surface area contributed by atoms with Crippen molar-refractivity contribution in [3.63, 3.8) is 0 Å². The third-order valence-corrected chi connectivity index (χ3v) is 4.67. The number of nitrogens with one attached hydrogen (secondary N) is 3. The SMILES string of the molecule is CN=C(NCCCOCC1CCOCC1)NCCNC(=O)Cc1cccc(F)c1.I. The molecule has 0 radical (unpaired) electrons. The lowest BCUT2D eigenvalue weighted by molar-refractivity contribution is -0.120. The van der Waals surface area contributed by atoms with Gasteiger partial charge in [-0.3, -0.25) is 9.79 Å². The third-order valence-electron chi connectivity index (χ3n) is 4.67. The van der Waals surface area contributed by atoms with Gasteiger partial charge in [0.05, 0.1) is 6.42 Å². The fraction of sp³-hybridized carbons (Fsp3) is 0.619. The van der Waals surface area contributed by atoms with Crippen LogP contribution >= 0.6 is 24.0 Å². The molecule has 0 bridgehead atoms. The van der Waals surface area contributed by atoms with Crippen LogP contribution in [0.1, 0.15) is 24.8 Å². The van der Waals surface area contributed by atoms with E-state index in [2.05, 4.69) is 20.9 Å². The molecule has 30 heavy (non-hydrogen) atoms. The van der Waals surface area contributed by atoms with Gasteiger partial charge in [0.2, 0.25) is 5.91 Å². The molecule has 0 atom stereocenters. The average Bonchev–Trinajstić information content (AvgIpc) is 2.72. The van der Waals surface area contributed by atoms with Gasteiger partial charge in [0.15, 0.2) is 5.96 Å². The van der Waals surface area contributed by atoms with Crippen LogP contribution in [0.25, 0.3) is 0 Å². The summed E-state index contributed by atoms with van der Waals surface area (Å²) in [5, 5.41) is 9.19. The maximum Gasteiger partial charge on any atom is 0.224 e. The smallest absolute Gasteiger partial charge is 0.224 e. The summed E-state index contributed by atoms with van der Waals surface area (Å²) in [5.41, 5.74) is 0.659. The summed E-state index contributed by atoms with van der Waals surface area (Å²) in [6.45, 7) is 5.01. The minimum Gasteiger partial charge on any atom is -0.381 e. The van der Waals surface area contributed by atoms with Crippen LogP contribution in [0.5, 0.6) is 0 Å². The number of aliphatic imine (C=N–C) groups is 1. The van der Waals surface area contributed by atoms with E-state index in [1.54, 1.807) is 19.2 Å². The van der Waals surface area contributed by atoms with Gasteiger partial charge < -0.3 is 25.4 Å². The number of amides is 1. The first-order valence-electron chi connectivity index (χ1n) is 10.3. The molecule has 3 N–H and O–H groups in total. The molecule has 0 spiro atoms. The summed E-state index contributed by atoms with van der Waals surface area (Å²) in [4.78, 5) is 16.1. The molecule has 1 saturated heterocycles. The zero-order chi connectivity index (χ0) is 20.7. The summed E-state index contributed by atoms with van der Waals surface area (Å²) in [6, 6.07) is 6.07. The van der Waals surface area contributed by atoms with E-state index in [0.717, 1.165) is 52.2 Å². The van der Waals surface area contributed by atoms with E-state index in [4.69, 9.17) is 9.47 Å². The molecule has 0 saturated carbocycles. The zero-order valence-corrected chi connectivity index (χ0v) is 20.0. The largest absolute Gasteiger partial charge is 0.381 e. The van der Waals surface area contributed by atoms with Crippen molar-refractivity contribution in [2.24, 2.45) is 10.9 Å². The molecule has 1 aliphatic rings. The van der Waals surface area contributed by atoms with Crippen LogP contribution in [0.15, 0.2) is 29.3 Å². The van der Waals surface area contributed by atoms with E-state index in [0.29, 0.717) is 30.5 Å². The molecule has 1 fully saturated rings. The topological polar surface area (TPSA) is 84.0 Å². The molecule has 7 nitrogen and oxygen atoms in total. The van der Waals surface area contributed by atoms with Crippen molar-refractivity contribution < 1.29 is 18.7 Å². The van der Waals surface area contributed by atoms with Gasteiger partial charge in [-0.25, -0.2) is 4.39 Å². The third kappa shape index (κ3) is 11.7. The Morgan fingerprint density at radius 1 is 1.20 bits per heavy atom. The van der Waals surface area contributed by atoms with Crippen LogP contribution in [0.4, 0.5) is 4.39 Å². The Hall–Kier alpha value is -1.46. The standard InChI is InChI=1S/C21H33FN4O3.HI/c1-23-21(25-8-3-11-29-16-17-6-12-28-13-7-17)26-10-9-24-20(27)15-18-4-2-5-19(22)14-18;/h2,4-5,14,17H,3,6-13,15-16H2,1H3,(H,24,27)(H2,23,25,26);1H. The van der Waals surface area contributed by atoms with Crippen molar-refractivity contribution in [2.45, 2.75) is 25.7 Å². The highest BCUT2D eigenvalue weighted by Crippen LogP contribution is 2.14. The van der Waals surface area contributed by atoms with Crippen LogP contribution in [0.2, 0.25) is 0 Å². The quantitative estimate of drug-likeness (QED) is 0.175. The highest BCUT2D eigenvalue weighted by atomic mass is 127. The molecule has 170 valence electrons. The lowest BCUT2D eigenvalue weighted by Gasteiger charge is -2.21. The van der Waals surface area contributed by atoms with Crippen LogP contribution < -0.4 is 16.0 Å². The van der Waals surface area contributed by atoms with E-state index in [1.807, 2.05) is 0 Å². The van der Waals surface area contributed by atoms with E-state index >= 15 is 0 Å². The molecule has 1 aromatic rings. The predicted molar refractivity (Wildman–Crippen MR) is 127 cm³/mol. The van der Waals surface area contributed by atoms with Gasteiger partial charge >= 0.3 is 0 Å². The second kappa shape index (κ2) is 16.3. The summed E-state index contributed by atoms with van der Waals surface area (Å²) in [6.07, 6.45) is 3.24. The van der Waals surface area contributed by atoms with Gasteiger partial charge in [-0.1, -0.05) is 12.1 Å². The lowest BCUT2D eigenvalue weighted by atomic mass is 10.0.